The second-order valence-electron chi connectivity index (χ2n) is 3.77. The van der Waals surface area contributed by atoms with Gasteiger partial charge in [-0.15, -0.1) is 0 Å². The third-order valence-corrected chi connectivity index (χ3v) is 3.15. The summed E-state index contributed by atoms with van der Waals surface area (Å²) in [5.41, 5.74) is 5.59. The average Bonchev–Trinajstić information content (AvgIpc) is 2.10. The summed E-state index contributed by atoms with van der Waals surface area (Å²) in [6.07, 6.45) is 8.44. The van der Waals surface area contributed by atoms with Crippen molar-refractivity contribution >= 4 is 0 Å². The molecule has 3 aliphatic carbocycles. The van der Waals surface area contributed by atoms with E-state index in [1.807, 2.05) is 12.2 Å². The highest BCUT2D eigenvalue weighted by Crippen LogP contribution is 2.39. The second-order valence-corrected chi connectivity index (χ2v) is 3.77. The molecule has 3 aliphatic rings. The summed E-state index contributed by atoms with van der Waals surface area (Å²) in [6, 6.07) is 0.473. The minimum Gasteiger partial charge on any atom is -0.497 e. The molecule has 70 valence electrons. The Morgan fingerprint density at radius 2 is 2.15 bits per heavy atom. The summed E-state index contributed by atoms with van der Waals surface area (Å²) >= 11 is 0. The van der Waals surface area contributed by atoms with E-state index in [4.69, 9.17) is 4.74 Å². The van der Waals surface area contributed by atoms with Gasteiger partial charge in [-0.3, -0.25) is 0 Å². The smallest absolute Gasteiger partial charge is 0.118 e. The third-order valence-electron chi connectivity index (χ3n) is 3.15. The molecule has 0 aromatic carbocycles. The van der Waals surface area contributed by atoms with Gasteiger partial charge in [0.25, 0.3) is 0 Å². The van der Waals surface area contributed by atoms with E-state index < -0.39 is 0 Å². The van der Waals surface area contributed by atoms with Gasteiger partial charge in [-0.1, -0.05) is 19.1 Å². The van der Waals surface area contributed by atoms with Crippen molar-refractivity contribution in [1.82, 2.24) is 0 Å². The Labute approximate surface area is 78.8 Å². The van der Waals surface area contributed by atoms with E-state index in [1.54, 1.807) is 7.11 Å². The maximum Gasteiger partial charge on any atom is 0.118 e. The number of rotatable bonds is 1. The molecule has 0 spiro atoms. The molecule has 3 atom stereocenters. The van der Waals surface area contributed by atoms with Crippen molar-refractivity contribution in [3.63, 3.8) is 0 Å². The molecule has 0 aromatic heterocycles. The highest BCUT2D eigenvalue weighted by Gasteiger charge is 2.42. The maximum absolute atomic E-state index is 5.18. The molecule has 1 fully saturated rings. The lowest BCUT2D eigenvalue weighted by Crippen LogP contribution is -2.72. The second kappa shape index (κ2) is 3.04. The molecule has 3 rings (SSSR count). The van der Waals surface area contributed by atoms with Crippen LogP contribution in [0, 0.1) is 11.8 Å². The Morgan fingerprint density at radius 1 is 1.38 bits per heavy atom. The monoisotopic (exact) mass is 178 g/mol. The average molecular weight is 178 g/mol. The van der Waals surface area contributed by atoms with Gasteiger partial charge in [-0.25, -0.2) is 0 Å². The minimum atomic E-state index is 0.473. The number of ether oxygens (including phenoxy) is 1. The van der Waals surface area contributed by atoms with Crippen LogP contribution in [0.3, 0.4) is 0 Å². The van der Waals surface area contributed by atoms with Gasteiger partial charge in [0.2, 0.25) is 0 Å². The van der Waals surface area contributed by atoms with Crippen molar-refractivity contribution < 1.29 is 10.5 Å². The Bertz CT molecular complexity index is 289. The first-order chi connectivity index (χ1) is 6.24. The van der Waals surface area contributed by atoms with E-state index >= 15 is 0 Å². The molecule has 13 heavy (non-hydrogen) atoms. The summed E-state index contributed by atoms with van der Waals surface area (Å²) in [5, 5.41) is 0. The molecule has 1 saturated carbocycles. The van der Waals surface area contributed by atoms with Crippen LogP contribution in [-0.2, 0) is 4.74 Å². The van der Waals surface area contributed by atoms with E-state index in [2.05, 4.69) is 24.8 Å². The van der Waals surface area contributed by atoms with E-state index in [0.29, 0.717) is 17.9 Å². The molecule has 2 nitrogen and oxygen atoms in total. The van der Waals surface area contributed by atoms with Crippen molar-refractivity contribution in [1.29, 1.82) is 0 Å². The van der Waals surface area contributed by atoms with E-state index in [0.717, 1.165) is 5.76 Å². The number of quaternary nitrogens is 1. The molecule has 2 bridgehead atoms. The molecule has 0 radical (unpaired) electrons. The highest BCUT2D eigenvalue weighted by molar-refractivity contribution is 5.36. The fourth-order valence-corrected chi connectivity index (χ4v) is 2.16. The zero-order valence-corrected chi connectivity index (χ0v) is 8.16. The van der Waals surface area contributed by atoms with Crippen LogP contribution in [0.5, 0.6) is 0 Å². The van der Waals surface area contributed by atoms with Crippen LogP contribution < -0.4 is 5.73 Å². The molecule has 0 saturated heterocycles. The third kappa shape index (κ3) is 1.22. The fraction of sp³-hybridized carbons (Fsp3) is 0.455. The van der Waals surface area contributed by atoms with Gasteiger partial charge in [0, 0.05) is 5.92 Å². The topological polar surface area (TPSA) is 36.9 Å². The van der Waals surface area contributed by atoms with Gasteiger partial charge in [-0.05, 0) is 23.6 Å². The molecule has 0 aromatic rings. The summed E-state index contributed by atoms with van der Waals surface area (Å²) in [7, 11) is 1.70. The van der Waals surface area contributed by atoms with Crippen molar-refractivity contribution in [3.8, 4) is 0 Å². The van der Waals surface area contributed by atoms with E-state index in [9.17, 15) is 0 Å². The molecule has 3 unspecified atom stereocenters. The SMILES string of the molecule is COC1=CC=C2C(C)C(C=C1)C2[NH3+]. The fourth-order valence-electron chi connectivity index (χ4n) is 2.16. The molecule has 0 heterocycles. The number of methoxy groups -OCH3 is 1. The lowest BCUT2D eigenvalue weighted by Gasteiger charge is -2.39. The molecule has 3 N–H and O–H groups in total. The van der Waals surface area contributed by atoms with Crippen molar-refractivity contribution in [2.24, 2.45) is 11.8 Å². The van der Waals surface area contributed by atoms with E-state index in [-0.39, 0.29) is 0 Å². The zero-order chi connectivity index (χ0) is 9.42. The van der Waals surface area contributed by atoms with Crippen LogP contribution in [0.2, 0.25) is 0 Å². The van der Waals surface area contributed by atoms with Crippen molar-refractivity contribution in [2.45, 2.75) is 13.0 Å². The summed E-state index contributed by atoms with van der Waals surface area (Å²) in [6.45, 7) is 2.26. The zero-order valence-electron chi connectivity index (χ0n) is 8.16. The van der Waals surface area contributed by atoms with Crippen LogP contribution >= 0.6 is 0 Å². The first kappa shape index (κ1) is 8.57. The Morgan fingerprint density at radius 3 is 2.77 bits per heavy atom. The van der Waals surface area contributed by atoms with Gasteiger partial charge in [-0.2, -0.15) is 0 Å². The molecular formula is C11H16NO+. The van der Waals surface area contributed by atoms with Gasteiger partial charge in [0.1, 0.15) is 11.8 Å². The molecule has 0 aliphatic heterocycles. The van der Waals surface area contributed by atoms with Crippen LogP contribution in [0.25, 0.3) is 0 Å². The predicted molar refractivity (Wildman–Crippen MR) is 51.6 cm³/mol. The first-order valence-corrected chi connectivity index (χ1v) is 4.71. The van der Waals surface area contributed by atoms with Crippen LogP contribution in [-0.4, -0.2) is 13.2 Å². The minimum absolute atomic E-state index is 0.473. The standard InChI is InChI=1S/C11H15NO/c1-7-9-5-3-8(13-2)4-6-10(7)11(9)12/h3-7,9,11H,12H2,1-2H3/p+1. The lowest BCUT2D eigenvalue weighted by atomic mass is 9.65. The summed E-state index contributed by atoms with van der Waals surface area (Å²) in [4.78, 5) is 0. The van der Waals surface area contributed by atoms with Crippen molar-refractivity contribution in [2.75, 3.05) is 7.11 Å². The van der Waals surface area contributed by atoms with Gasteiger partial charge >= 0.3 is 0 Å². The van der Waals surface area contributed by atoms with E-state index in [1.165, 1.54) is 5.57 Å². The lowest BCUT2D eigenvalue weighted by molar-refractivity contribution is -0.435. The Hall–Kier alpha value is -1.02. The normalized spacial score (nSPS) is 36.7. The predicted octanol–water partition coefficient (Wildman–Crippen LogP) is 0.889. The molecule has 0 amide bonds. The van der Waals surface area contributed by atoms with Crippen LogP contribution in [0.15, 0.2) is 35.6 Å². The number of hydrogen-bond acceptors (Lipinski definition) is 1. The Balaban J connectivity index is 2.31. The van der Waals surface area contributed by atoms with Gasteiger partial charge < -0.3 is 10.5 Å². The van der Waals surface area contributed by atoms with Crippen LogP contribution in [0.4, 0.5) is 0 Å². The highest BCUT2D eigenvalue weighted by atomic mass is 16.5. The number of allylic oxidation sites excluding steroid dienone is 3. The Kier molecular flexibility index (Phi) is 2.00. The van der Waals surface area contributed by atoms with Crippen molar-refractivity contribution in [3.05, 3.63) is 35.6 Å². The first-order valence-electron chi connectivity index (χ1n) is 4.71. The number of hydrogen-bond donors (Lipinski definition) is 1. The van der Waals surface area contributed by atoms with Gasteiger partial charge in [0.15, 0.2) is 0 Å². The largest absolute Gasteiger partial charge is 0.497 e. The van der Waals surface area contributed by atoms with Gasteiger partial charge in [0.05, 0.1) is 7.11 Å². The molecular weight excluding hydrogens is 162 g/mol. The summed E-state index contributed by atoms with van der Waals surface area (Å²) in [5.74, 6) is 2.19. The molecule has 2 heteroatoms. The quantitative estimate of drug-likeness (QED) is 0.636. The summed E-state index contributed by atoms with van der Waals surface area (Å²) < 4.78 is 5.18. The van der Waals surface area contributed by atoms with Crippen LogP contribution in [0.1, 0.15) is 6.92 Å². The maximum atomic E-state index is 5.18. The number of fused-ring (bicyclic) bond motifs is 2.